The first kappa shape index (κ1) is 15.3. The lowest BCUT2D eigenvalue weighted by atomic mass is 9.95. The second kappa shape index (κ2) is 7.61. The van der Waals surface area contributed by atoms with Crippen LogP contribution in [0.15, 0.2) is 0 Å². The van der Waals surface area contributed by atoms with Crippen LogP contribution in [0.1, 0.15) is 52.9 Å². The highest BCUT2D eigenvalue weighted by molar-refractivity contribution is 4.86. The molecular formula is C16H32N2O. The molecule has 0 bridgehead atoms. The highest BCUT2D eigenvalue weighted by Gasteiger charge is 2.27. The molecule has 3 nitrogen and oxygen atoms in total. The summed E-state index contributed by atoms with van der Waals surface area (Å²) < 4.78 is 5.72. The SMILES string of the molecule is CCC(C)C1CN(CCCC2CCCO2)C(C)CN1. The van der Waals surface area contributed by atoms with Gasteiger partial charge in [-0.1, -0.05) is 20.3 Å². The lowest BCUT2D eigenvalue weighted by Gasteiger charge is -2.41. The molecule has 2 saturated heterocycles. The van der Waals surface area contributed by atoms with Gasteiger partial charge >= 0.3 is 0 Å². The zero-order valence-electron chi connectivity index (χ0n) is 13.0. The Balaban J connectivity index is 1.70. The van der Waals surface area contributed by atoms with Crippen molar-refractivity contribution >= 4 is 0 Å². The summed E-state index contributed by atoms with van der Waals surface area (Å²) in [6.07, 6.45) is 6.93. The minimum absolute atomic E-state index is 0.559. The Morgan fingerprint density at radius 3 is 2.95 bits per heavy atom. The molecule has 0 spiro atoms. The average molecular weight is 268 g/mol. The Morgan fingerprint density at radius 2 is 2.26 bits per heavy atom. The summed E-state index contributed by atoms with van der Waals surface area (Å²) in [5.74, 6) is 0.785. The van der Waals surface area contributed by atoms with Gasteiger partial charge in [0, 0.05) is 31.8 Å². The summed E-state index contributed by atoms with van der Waals surface area (Å²) in [7, 11) is 0. The van der Waals surface area contributed by atoms with Gasteiger partial charge in [0.2, 0.25) is 0 Å². The summed E-state index contributed by atoms with van der Waals surface area (Å²) >= 11 is 0. The van der Waals surface area contributed by atoms with E-state index in [4.69, 9.17) is 4.74 Å². The smallest absolute Gasteiger partial charge is 0.0576 e. The van der Waals surface area contributed by atoms with E-state index in [0.717, 1.165) is 19.1 Å². The zero-order chi connectivity index (χ0) is 13.7. The van der Waals surface area contributed by atoms with Crippen LogP contribution in [-0.4, -0.2) is 49.3 Å². The molecular weight excluding hydrogens is 236 g/mol. The summed E-state index contributed by atoms with van der Waals surface area (Å²) in [6.45, 7) is 11.6. The van der Waals surface area contributed by atoms with E-state index in [0.29, 0.717) is 18.2 Å². The molecule has 0 radical (unpaired) electrons. The summed E-state index contributed by atoms with van der Waals surface area (Å²) in [6, 6.07) is 1.37. The molecule has 112 valence electrons. The van der Waals surface area contributed by atoms with Gasteiger partial charge in [-0.05, 0) is 45.1 Å². The highest BCUT2D eigenvalue weighted by atomic mass is 16.5. The normalized spacial score (nSPS) is 34.6. The van der Waals surface area contributed by atoms with Crippen molar-refractivity contribution in [2.45, 2.75) is 71.1 Å². The van der Waals surface area contributed by atoms with Gasteiger partial charge in [-0.15, -0.1) is 0 Å². The van der Waals surface area contributed by atoms with Crippen LogP contribution in [0.4, 0.5) is 0 Å². The van der Waals surface area contributed by atoms with Gasteiger partial charge in [0.25, 0.3) is 0 Å². The van der Waals surface area contributed by atoms with Crippen LogP contribution < -0.4 is 5.32 Å². The molecule has 2 aliphatic rings. The molecule has 2 rings (SSSR count). The van der Waals surface area contributed by atoms with E-state index in [1.165, 1.54) is 45.2 Å². The van der Waals surface area contributed by atoms with Crippen molar-refractivity contribution in [1.29, 1.82) is 0 Å². The van der Waals surface area contributed by atoms with Crippen molar-refractivity contribution in [2.24, 2.45) is 5.92 Å². The van der Waals surface area contributed by atoms with Gasteiger partial charge in [0.1, 0.15) is 0 Å². The Labute approximate surface area is 119 Å². The quantitative estimate of drug-likeness (QED) is 0.801. The Kier molecular flexibility index (Phi) is 6.11. The zero-order valence-corrected chi connectivity index (χ0v) is 13.0. The number of ether oxygens (including phenoxy) is 1. The van der Waals surface area contributed by atoms with Crippen LogP contribution in [-0.2, 0) is 4.74 Å². The van der Waals surface area contributed by atoms with E-state index in [-0.39, 0.29) is 0 Å². The van der Waals surface area contributed by atoms with Crippen LogP contribution in [0.2, 0.25) is 0 Å². The number of hydrogen-bond donors (Lipinski definition) is 1. The molecule has 0 amide bonds. The second-order valence-corrected chi connectivity index (χ2v) is 6.52. The maximum absolute atomic E-state index is 5.72. The number of rotatable bonds is 6. The van der Waals surface area contributed by atoms with Gasteiger partial charge in [0.15, 0.2) is 0 Å². The molecule has 0 saturated carbocycles. The maximum atomic E-state index is 5.72. The lowest BCUT2D eigenvalue weighted by Crippen LogP contribution is -2.57. The van der Waals surface area contributed by atoms with Crippen molar-refractivity contribution in [2.75, 3.05) is 26.2 Å². The predicted octanol–water partition coefficient (Wildman–Crippen LogP) is 2.65. The van der Waals surface area contributed by atoms with E-state index in [1.54, 1.807) is 0 Å². The third-order valence-corrected chi connectivity index (χ3v) is 5.06. The monoisotopic (exact) mass is 268 g/mol. The minimum atomic E-state index is 0.559. The third-order valence-electron chi connectivity index (χ3n) is 5.06. The Bertz CT molecular complexity index is 253. The van der Waals surface area contributed by atoms with E-state index in [1.807, 2.05) is 0 Å². The van der Waals surface area contributed by atoms with E-state index in [2.05, 4.69) is 31.0 Å². The van der Waals surface area contributed by atoms with Gasteiger partial charge in [-0.25, -0.2) is 0 Å². The first-order valence-corrected chi connectivity index (χ1v) is 8.29. The molecule has 0 aromatic carbocycles. The van der Waals surface area contributed by atoms with Gasteiger partial charge in [-0.3, -0.25) is 4.90 Å². The van der Waals surface area contributed by atoms with Crippen molar-refractivity contribution in [3.63, 3.8) is 0 Å². The maximum Gasteiger partial charge on any atom is 0.0576 e. The van der Waals surface area contributed by atoms with Crippen molar-refractivity contribution in [1.82, 2.24) is 10.2 Å². The third kappa shape index (κ3) is 4.44. The van der Waals surface area contributed by atoms with E-state index < -0.39 is 0 Å². The van der Waals surface area contributed by atoms with Gasteiger partial charge in [-0.2, -0.15) is 0 Å². The number of nitrogens with one attached hydrogen (secondary N) is 1. The fourth-order valence-electron chi connectivity index (χ4n) is 3.32. The van der Waals surface area contributed by atoms with Crippen LogP contribution in [0.5, 0.6) is 0 Å². The van der Waals surface area contributed by atoms with Crippen molar-refractivity contribution in [3.8, 4) is 0 Å². The molecule has 2 heterocycles. The lowest BCUT2D eigenvalue weighted by molar-refractivity contribution is 0.0856. The molecule has 2 aliphatic heterocycles. The first-order chi connectivity index (χ1) is 9.20. The summed E-state index contributed by atoms with van der Waals surface area (Å²) in [4.78, 5) is 2.68. The van der Waals surface area contributed by atoms with Crippen LogP contribution in [0.3, 0.4) is 0 Å². The minimum Gasteiger partial charge on any atom is -0.378 e. The predicted molar refractivity (Wildman–Crippen MR) is 80.5 cm³/mol. The number of hydrogen-bond acceptors (Lipinski definition) is 3. The molecule has 19 heavy (non-hydrogen) atoms. The molecule has 4 atom stereocenters. The molecule has 0 aromatic heterocycles. The van der Waals surface area contributed by atoms with Gasteiger partial charge < -0.3 is 10.1 Å². The standard InChI is InChI=1S/C16H32N2O/c1-4-13(2)16-12-18(14(3)11-17-16)9-5-7-15-8-6-10-19-15/h13-17H,4-12H2,1-3H3. The molecule has 2 fully saturated rings. The molecule has 3 heteroatoms. The van der Waals surface area contributed by atoms with Crippen LogP contribution in [0, 0.1) is 5.92 Å². The topological polar surface area (TPSA) is 24.5 Å². The summed E-state index contributed by atoms with van der Waals surface area (Å²) in [5.41, 5.74) is 0. The Hall–Kier alpha value is -0.120. The summed E-state index contributed by atoms with van der Waals surface area (Å²) in [5, 5.41) is 3.71. The molecule has 0 aliphatic carbocycles. The van der Waals surface area contributed by atoms with E-state index >= 15 is 0 Å². The van der Waals surface area contributed by atoms with Crippen molar-refractivity contribution < 1.29 is 4.74 Å². The Morgan fingerprint density at radius 1 is 1.42 bits per heavy atom. The highest BCUT2D eigenvalue weighted by Crippen LogP contribution is 2.19. The first-order valence-electron chi connectivity index (χ1n) is 8.29. The molecule has 1 N–H and O–H groups in total. The molecule has 4 unspecified atom stereocenters. The average Bonchev–Trinajstić information content (AvgIpc) is 2.93. The molecule has 0 aromatic rings. The number of nitrogens with zero attached hydrogens (tertiary/aromatic N) is 1. The fraction of sp³-hybridized carbons (Fsp3) is 1.00. The van der Waals surface area contributed by atoms with Crippen LogP contribution >= 0.6 is 0 Å². The van der Waals surface area contributed by atoms with Crippen molar-refractivity contribution in [3.05, 3.63) is 0 Å². The largest absolute Gasteiger partial charge is 0.378 e. The van der Waals surface area contributed by atoms with E-state index in [9.17, 15) is 0 Å². The van der Waals surface area contributed by atoms with Gasteiger partial charge in [0.05, 0.1) is 6.10 Å². The second-order valence-electron chi connectivity index (χ2n) is 6.52. The fourth-order valence-corrected chi connectivity index (χ4v) is 3.32. The number of piperazine rings is 1. The van der Waals surface area contributed by atoms with Crippen LogP contribution in [0.25, 0.3) is 0 Å².